The number of nitrogens with one attached hydrogen (secondary N) is 1. The van der Waals surface area contributed by atoms with E-state index < -0.39 is 5.91 Å². The summed E-state index contributed by atoms with van der Waals surface area (Å²) in [6.45, 7) is 8.36. The van der Waals surface area contributed by atoms with Gasteiger partial charge in [-0.15, -0.1) is 0 Å². The number of amides is 1. The second kappa shape index (κ2) is 6.63. The summed E-state index contributed by atoms with van der Waals surface area (Å²) in [5.74, 6) is 0.610. The summed E-state index contributed by atoms with van der Waals surface area (Å²) in [5.41, 5.74) is 8.67. The average Bonchev–Trinajstić information content (AvgIpc) is 2.99. The highest BCUT2D eigenvalue weighted by molar-refractivity contribution is 5.98. The fraction of sp³-hybridized carbons (Fsp3) is 0.250. The fourth-order valence-electron chi connectivity index (χ4n) is 2.65. The Balaban J connectivity index is 2.14. The van der Waals surface area contributed by atoms with Gasteiger partial charge in [0.15, 0.2) is 0 Å². The number of aromatic nitrogens is 3. The predicted molar refractivity (Wildman–Crippen MR) is 103 cm³/mol. The van der Waals surface area contributed by atoms with Gasteiger partial charge in [-0.2, -0.15) is 5.10 Å². The number of rotatable bonds is 4. The highest BCUT2D eigenvalue weighted by atomic mass is 16.1. The Hall–Kier alpha value is -3.15. The van der Waals surface area contributed by atoms with Crippen molar-refractivity contribution in [3.63, 3.8) is 0 Å². The molecule has 0 atom stereocenters. The Morgan fingerprint density at radius 1 is 1.15 bits per heavy atom. The molecule has 0 bridgehead atoms. The molecule has 0 aliphatic heterocycles. The zero-order chi connectivity index (χ0) is 18.9. The minimum Gasteiger partial charge on any atom is -0.365 e. The van der Waals surface area contributed by atoms with Crippen LogP contribution in [0.4, 0.5) is 11.6 Å². The van der Waals surface area contributed by atoms with Crippen molar-refractivity contribution < 1.29 is 4.79 Å². The minimum atomic E-state index is -0.529. The number of nitrogens with two attached hydrogens (primary N) is 1. The molecule has 0 radical (unpaired) electrons. The first-order valence-electron chi connectivity index (χ1n) is 8.46. The van der Waals surface area contributed by atoms with Crippen LogP contribution in [0.25, 0.3) is 5.69 Å². The van der Waals surface area contributed by atoms with Gasteiger partial charge in [0, 0.05) is 17.7 Å². The molecule has 2 heterocycles. The van der Waals surface area contributed by atoms with Crippen LogP contribution in [0.5, 0.6) is 0 Å². The molecule has 0 fully saturated rings. The predicted octanol–water partition coefficient (Wildman–Crippen LogP) is 3.72. The zero-order valence-corrected chi connectivity index (χ0v) is 15.4. The number of primary amides is 1. The van der Waals surface area contributed by atoms with E-state index in [9.17, 15) is 4.79 Å². The van der Waals surface area contributed by atoms with Crippen molar-refractivity contribution in [3.05, 3.63) is 65.5 Å². The number of hydrogen-bond donors (Lipinski definition) is 2. The number of hydrogen-bond acceptors (Lipinski definition) is 4. The summed E-state index contributed by atoms with van der Waals surface area (Å²) in [4.78, 5) is 16.0. The van der Waals surface area contributed by atoms with E-state index in [4.69, 9.17) is 10.8 Å². The molecular weight excluding hydrogens is 326 g/mol. The summed E-state index contributed by atoms with van der Waals surface area (Å²) in [6, 6.07) is 13.3. The molecule has 0 saturated heterocycles. The Bertz CT molecular complexity index is 953. The van der Waals surface area contributed by atoms with Gasteiger partial charge in [-0.1, -0.05) is 39.0 Å². The number of carbonyl (C=O) groups is 1. The second-order valence-corrected chi connectivity index (χ2v) is 7.25. The van der Waals surface area contributed by atoms with Gasteiger partial charge >= 0.3 is 0 Å². The van der Waals surface area contributed by atoms with Crippen molar-refractivity contribution in [1.29, 1.82) is 0 Å². The fourth-order valence-corrected chi connectivity index (χ4v) is 2.65. The van der Waals surface area contributed by atoms with Crippen LogP contribution in [0.3, 0.4) is 0 Å². The Kier molecular flexibility index (Phi) is 4.50. The number of nitrogens with zero attached hydrogens (tertiary/aromatic N) is 3. The minimum absolute atomic E-state index is 0.124. The quantitative estimate of drug-likeness (QED) is 0.752. The van der Waals surface area contributed by atoms with Crippen molar-refractivity contribution in [2.75, 3.05) is 5.32 Å². The smallest absolute Gasteiger partial charge is 0.252 e. The molecule has 1 aromatic carbocycles. The van der Waals surface area contributed by atoms with Crippen molar-refractivity contribution in [1.82, 2.24) is 14.8 Å². The lowest BCUT2D eigenvalue weighted by atomic mass is 9.92. The van der Waals surface area contributed by atoms with Crippen LogP contribution in [-0.2, 0) is 5.41 Å². The van der Waals surface area contributed by atoms with Gasteiger partial charge in [0.2, 0.25) is 0 Å². The van der Waals surface area contributed by atoms with E-state index in [0.29, 0.717) is 11.4 Å². The first kappa shape index (κ1) is 17.7. The molecule has 6 nitrogen and oxygen atoms in total. The van der Waals surface area contributed by atoms with E-state index >= 15 is 0 Å². The van der Waals surface area contributed by atoms with Crippen LogP contribution in [0.1, 0.15) is 42.4 Å². The van der Waals surface area contributed by atoms with Crippen molar-refractivity contribution in [2.45, 2.75) is 33.1 Å². The van der Waals surface area contributed by atoms with Crippen LogP contribution in [0.15, 0.2) is 48.7 Å². The molecule has 0 saturated carbocycles. The van der Waals surface area contributed by atoms with Crippen LogP contribution < -0.4 is 11.1 Å². The third-order valence-corrected chi connectivity index (χ3v) is 4.14. The van der Waals surface area contributed by atoms with Gasteiger partial charge in [-0.3, -0.25) is 4.79 Å². The van der Waals surface area contributed by atoms with Crippen molar-refractivity contribution in [3.8, 4) is 5.69 Å². The number of pyridine rings is 1. The van der Waals surface area contributed by atoms with E-state index in [-0.39, 0.29) is 5.41 Å². The summed E-state index contributed by atoms with van der Waals surface area (Å²) in [5, 5.41) is 8.02. The molecular formula is C20H23N5O. The van der Waals surface area contributed by atoms with Crippen LogP contribution in [0, 0.1) is 6.92 Å². The lowest BCUT2D eigenvalue weighted by Crippen LogP contribution is -2.15. The molecule has 134 valence electrons. The molecule has 2 aromatic heterocycles. The normalized spacial score (nSPS) is 11.4. The van der Waals surface area contributed by atoms with Crippen LogP contribution in [-0.4, -0.2) is 20.7 Å². The van der Waals surface area contributed by atoms with E-state index in [1.807, 2.05) is 41.9 Å². The lowest BCUT2D eigenvalue weighted by Gasteiger charge is -2.14. The maximum Gasteiger partial charge on any atom is 0.252 e. The van der Waals surface area contributed by atoms with Crippen LogP contribution >= 0.6 is 0 Å². The van der Waals surface area contributed by atoms with Gasteiger partial charge in [0.1, 0.15) is 11.6 Å². The first-order valence-corrected chi connectivity index (χ1v) is 8.46. The second-order valence-electron chi connectivity index (χ2n) is 7.25. The van der Waals surface area contributed by atoms with E-state index in [1.165, 1.54) is 0 Å². The zero-order valence-electron chi connectivity index (χ0n) is 15.4. The standard InChI is InChI=1S/C20H23N5O/c1-13-8-5-6-10-15(13)25-17(12-16(24-25)20(2,3)4)23-19-14(18(21)26)9-7-11-22-19/h5-12H,1-4H3,(H2,21,26)(H,22,23). The summed E-state index contributed by atoms with van der Waals surface area (Å²) in [6.07, 6.45) is 1.62. The Labute approximate surface area is 153 Å². The molecule has 3 rings (SSSR count). The molecule has 3 aromatic rings. The molecule has 26 heavy (non-hydrogen) atoms. The lowest BCUT2D eigenvalue weighted by molar-refractivity contribution is 0.100. The Morgan fingerprint density at radius 3 is 2.54 bits per heavy atom. The SMILES string of the molecule is Cc1ccccc1-n1nc(C(C)(C)C)cc1Nc1ncccc1C(N)=O. The third-order valence-electron chi connectivity index (χ3n) is 4.14. The molecule has 3 N–H and O–H groups in total. The highest BCUT2D eigenvalue weighted by Gasteiger charge is 2.22. The summed E-state index contributed by atoms with van der Waals surface area (Å²) < 4.78 is 1.84. The number of para-hydroxylation sites is 1. The van der Waals surface area contributed by atoms with Gasteiger partial charge in [0.25, 0.3) is 5.91 Å². The van der Waals surface area contributed by atoms with E-state index in [0.717, 1.165) is 22.8 Å². The topological polar surface area (TPSA) is 85.8 Å². The maximum atomic E-state index is 11.7. The molecule has 0 spiro atoms. The molecule has 1 amide bonds. The van der Waals surface area contributed by atoms with E-state index in [2.05, 4.69) is 31.1 Å². The van der Waals surface area contributed by atoms with Gasteiger partial charge in [-0.25, -0.2) is 9.67 Å². The maximum absolute atomic E-state index is 11.7. The first-order chi connectivity index (χ1) is 12.3. The number of aryl methyl sites for hydroxylation is 1. The highest BCUT2D eigenvalue weighted by Crippen LogP contribution is 2.29. The summed E-state index contributed by atoms with van der Waals surface area (Å²) in [7, 11) is 0. The Morgan fingerprint density at radius 2 is 1.88 bits per heavy atom. The largest absolute Gasteiger partial charge is 0.365 e. The van der Waals surface area contributed by atoms with Gasteiger partial charge < -0.3 is 11.1 Å². The molecule has 0 aliphatic carbocycles. The third kappa shape index (κ3) is 3.44. The van der Waals surface area contributed by atoms with E-state index in [1.54, 1.807) is 18.3 Å². The van der Waals surface area contributed by atoms with Crippen molar-refractivity contribution in [2.24, 2.45) is 5.73 Å². The average molecular weight is 349 g/mol. The monoisotopic (exact) mass is 349 g/mol. The van der Waals surface area contributed by atoms with Crippen molar-refractivity contribution >= 4 is 17.5 Å². The molecule has 6 heteroatoms. The summed E-state index contributed by atoms with van der Waals surface area (Å²) >= 11 is 0. The van der Waals surface area contributed by atoms with Gasteiger partial charge in [0.05, 0.1) is 16.9 Å². The van der Waals surface area contributed by atoms with Gasteiger partial charge in [-0.05, 0) is 30.7 Å². The number of benzene rings is 1. The molecule has 0 unspecified atom stereocenters. The molecule has 0 aliphatic rings. The van der Waals surface area contributed by atoms with Crippen LogP contribution in [0.2, 0.25) is 0 Å². The number of carbonyl (C=O) groups excluding carboxylic acids is 1. The number of anilines is 2.